The highest BCUT2D eigenvalue weighted by molar-refractivity contribution is 8.22. The van der Waals surface area contributed by atoms with Gasteiger partial charge in [0.25, 0.3) is 4.91 Å². The van der Waals surface area contributed by atoms with Gasteiger partial charge in [-0.1, -0.05) is 0 Å². The normalized spacial score (nSPS) is 18.7. The zero-order valence-electron chi connectivity index (χ0n) is 4.45. The molecule has 0 aromatic carbocycles. The first kappa shape index (κ1) is 8.61. The Morgan fingerprint density at radius 2 is 2.33 bits per heavy atom. The van der Waals surface area contributed by atoms with Gasteiger partial charge < -0.3 is 5.73 Å². The van der Waals surface area contributed by atoms with E-state index in [2.05, 4.69) is 0 Å². The smallest absolute Gasteiger partial charge is 0.355 e. The second kappa shape index (κ2) is 2.95. The summed E-state index contributed by atoms with van der Waals surface area (Å²) in [5.74, 6) is 0. The summed E-state index contributed by atoms with van der Waals surface area (Å²) in [6, 6.07) is 0. The van der Waals surface area contributed by atoms with Crippen LogP contribution >= 0.6 is 10.7 Å². The second-order valence-electron chi connectivity index (χ2n) is 1.19. The average Bonchev–Trinajstić information content (AvgIpc) is 1.65. The Labute approximate surface area is 58.0 Å². The summed E-state index contributed by atoms with van der Waals surface area (Å²) in [4.78, 5) is -0.177. The van der Waals surface area contributed by atoms with Gasteiger partial charge in [-0.25, -0.2) is 0 Å². The zero-order valence-corrected chi connectivity index (χ0v) is 6.02. The molecule has 0 heterocycles. The van der Waals surface area contributed by atoms with E-state index in [-0.39, 0.29) is 4.91 Å². The molecule has 0 fully saturated rings. The first-order valence-electron chi connectivity index (χ1n) is 1.95. The van der Waals surface area contributed by atoms with Gasteiger partial charge in [-0.15, -0.1) is 0 Å². The monoisotopic (exact) mass is 170 g/mol. The van der Waals surface area contributed by atoms with E-state index in [1.54, 1.807) is 0 Å². The Hall–Kier alpha value is -0.390. The van der Waals surface area contributed by atoms with Crippen molar-refractivity contribution in [1.29, 1.82) is 0 Å². The Morgan fingerprint density at radius 1 is 1.89 bits per heavy atom. The second-order valence-corrected chi connectivity index (χ2v) is 3.84. The van der Waals surface area contributed by atoms with Gasteiger partial charge in [0.05, 0.1) is 6.20 Å². The lowest BCUT2D eigenvalue weighted by molar-refractivity contribution is -0.104. The van der Waals surface area contributed by atoms with Gasteiger partial charge >= 0.3 is 9.43 Å². The summed E-state index contributed by atoms with van der Waals surface area (Å²) >= 11 is 0. The first-order chi connectivity index (χ1) is 4.02. The predicted octanol–water partition coefficient (Wildman–Crippen LogP) is -1.26. The lowest BCUT2D eigenvalue weighted by Crippen LogP contribution is -2.32. The lowest BCUT2D eigenvalue weighted by Gasteiger charge is -1.85. The standard InChI is InChI=1S/C3H5ClN2O2S/c4-9(7,8)3(1-5)2-6/h1-2,5H,6H2/p+2/b3-2+,5-1?. The quantitative estimate of drug-likeness (QED) is 0.275. The maximum atomic E-state index is 10.4. The van der Waals surface area contributed by atoms with Crippen LogP contribution in [0.3, 0.4) is 0 Å². The molecule has 0 aliphatic carbocycles. The molecule has 1 atom stereocenters. The van der Waals surface area contributed by atoms with Gasteiger partial charge in [0.2, 0.25) is 16.9 Å². The minimum Gasteiger partial charge on any atom is -0.400 e. The lowest BCUT2D eigenvalue weighted by atomic mass is 10.7. The predicted molar refractivity (Wildman–Crippen MR) is 36.8 cm³/mol. The molecule has 0 saturated carbocycles. The Bertz CT molecular complexity index is 184. The fraction of sp³-hybridized carbons (Fsp3) is 0. The number of rotatable bonds is 2. The van der Waals surface area contributed by atoms with Crippen LogP contribution in [0, 0.1) is 0 Å². The van der Waals surface area contributed by atoms with E-state index < -0.39 is 9.43 Å². The minimum absolute atomic E-state index is 0.177. The van der Waals surface area contributed by atoms with Crippen molar-refractivity contribution in [1.82, 2.24) is 0 Å². The van der Waals surface area contributed by atoms with Crippen LogP contribution in [0.4, 0.5) is 0 Å². The third kappa shape index (κ3) is 2.59. The summed E-state index contributed by atoms with van der Waals surface area (Å²) in [6.07, 6.45) is 1.77. The van der Waals surface area contributed by atoms with Gasteiger partial charge in [0, 0.05) is 0 Å². The summed E-state index contributed by atoms with van der Waals surface area (Å²) in [5.41, 5.74) is 4.87. The van der Waals surface area contributed by atoms with E-state index in [0.29, 0.717) is 0 Å². The maximum absolute atomic E-state index is 10.4. The van der Waals surface area contributed by atoms with Gasteiger partial charge in [-0.2, -0.15) is 4.55 Å². The molecular formula is C3H7ClN2O2S+2. The van der Waals surface area contributed by atoms with Crippen molar-refractivity contribution in [3.63, 3.8) is 0 Å². The molecule has 52 valence electrons. The Morgan fingerprint density at radius 3 is 2.33 bits per heavy atom. The summed E-state index contributed by atoms with van der Waals surface area (Å²) in [7, 11) is 1.44. The molecule has 0 radical (unpaired) electrons. The van der Waals surface area contributed by atoms with Crippen molar-refractivity contribution in [3.05, 3.63) is 11.1 Å². The number of halogens is 1. The highest BCUT2D eigenvalue weighted by atomic mass is 35.7. The molecule has 5 N–H and O–H groups in total. The van der Waals surface area contributed by atoms with E-state index in [9.17, 15) is 4.21 Å². The largest absolute Gasteiger partial charge is 0.400 e. The molecule has 0 amide bonds. The van der Waals surface area contributed by atoms with Gasteiger partial charge in [-0.3, -0.25) is 5.41 Å². The van der Waals surface area contributed by atoms with Crippen molar-refractivity contribution in [2.45, 2.75) is 0 Å². The molecule has 0 aromatic heterocycles. The fourth-order valence-corrected chi connectivity index (χ4v) is 0.868. The summed E-state index contributed by atoms with van der Waals surface area (Å²) in [6.45, 7) is 0. The SMILES string of the molecule is N/C=C(\C=[NH2+])[S+](=O)(O)Cl. The summed E-state index contributed by atoms with van der Waals surface area (Å²) in [5, 5.41) is 4.87. The van der Waals surface area contributed by atoms with Crippen molar-refractivity contribution in [2.75, 3.05) is 0 Å². The molecule has 1 unspecified atom stereocenters. The molecule has 0 aliphatic rings. The third-order valence-electron chi connectivity index (χ3n) is 0.619. The topological polar surface area (TPSA) is 88.9 Å². The number of hydrogen-bond donors (Lipinski definition) is 3. The van der Waals surface area contributed by atoms with Crippen LogP contribution in [-0.4, -0.2) is 10.8 Å². The molecule has 6 heteroatoms. The van der Waals surface area contributed by atoms with Gasteiger partial charge in [-0.05, 0) is 4.21 Å². The Kier molecular flexibility index (Phi) is 2.83. The van der Waals surface area contributed by atoms with Crippen LogP contribution in [-0.2, 0) is 13.6 Å². The van der Waals surface area contributed by atoms with Crippen molar-refractivity contribution < 1.29 is 14.2 Å². The molecule has 9 heavy (non-hydrogen) atoms. The third-order valence-corrected chi connectivity index (χ3v) is 2.01. The van der Waals surface area contributed by atoms with Crippen LogP contribution in [0.25, 0.3) is 0 Å². The number of nitrogens with two attached hydrogens (primary N) is 2. The molecule has 4 nitrogen and oxygen atoms in total. The molecule has 0 aromatic rings. The van der Waals surface area contributed by atoms with Crippen LogP contribution in [0.5, 0.6) is 0 Å². The van der Waals surface area contributed by atoms with E-state index >= 15 is 0 Å². The highest BCUT2D eigenvalue weighted by Crippen LogP contribution is 2.14. The van der Waals surface area contributed by atoms with Crippen molar-refractivity contribution in [3.8, 4) is 0 Å². The first-order valence-corrected chi connectivity index (χ1v) is 4.29. The molecule has 0 rings (SSSR count). The van der Waals surface area contributed by atoms with E-state index in [0.717, 1.165) is 12.4 Å². The van der Waals surface area contributed by atoms with Gasteiger partial charge in [0.15, 0.2) is 0 Å². The van der Waals surface area contributed by atoms with Crippen molar-refractivity contribution >= 4 is 26.3 Å². The molecule has 0 bridgehead atoms. The molecule has 0 saturated heterocycles. The number of hydrogen-bond acceptors (Lipinski definition) is 2. The molecule has 0 aliphatic heterocycles. The average molecular weight is 171 g/mol. The number of allylic oxidation sites excluding steroid dienone is 1. The zero-order chi connectivity index (χ0) is 7.49. The summed E-state index contributed by atoms with van der Waals surface area (Å²) < 4.78 is 18.9. The van der Waals surface area contributed by atoms with E-state index in [1.807, 2.05) is 0 Å². The highest BCUT2D eigenvalue weighted by Gasteiger charge is 2.30. The van der Waals surface area contributed by atoms with E-state index in [1.165, 1.54) is 0 Å². The van der Waals surface area contributed by atoms with Crippen molar-refractivity contribution in [2.24, 2.45) is 5.73 Å². The molecular weight excluding hydrogens is 164 g/mol. The van der Waals surface area contributed by atoms with E-state index in [4.69, 9.17) is 26.4 Å². The molecule has 0 spiro atoms. The Balaban J connectivity index is 4.54. The van der Waals surface area contributed by atoms with Crippen LogP contribution in [0.15, 0.2) is 11.1 Å². The fourth-order valence-electron chi connectivity index (χ4n) is 0.223. The van der Waals surface area contributed by atoms with Crippen LogP contribution < -0.4 is 11.1 Å². The van der Waals surface area contributed by atoms with Crippen LogP contribution in [0.1, 0.15) is 0 Å². The van der Waals surface area contributed by atoms with Gasteiger partial charge in [0.1, 0.15) is 0 Å². The minimum atomic E-state index is -3.49. The maximum Gasteiger partial charge on any atom is 0.355 e. The van der Waals surface area contributed by atoms with Crippen LogP contribution in [0.2, 0.25) is 0 Å².